The molecule has 3 aromatic heterocycles. The van der Waals surface area contributed by atoms with E-state index in [2.05, 4.69) is 22.1 Å². The van der Waals surface area contributed by atoms with Gasteiger partial charge in [-0.2, -0.15) is 0 Å². The molecular formula is C22H29N5O3S. The fraction of sp³-hybridized carbons (Fsp3) is 0.455. The van der Waals surface area contributed by atoms with E-state index < -0.39 is 9.84 Å². The van der Waals surface area contributed by atoms with Crippen molar-refractivity contribution in [3.63, 3.8) is 0 Å². The number of nitrogens with one attached hydrogen (secondary N) is 2. The van der Waals surface area contributed by atoms with Gasteiger partial charge in [0.25, 0.3) is 0 Å². The number of pyridine rings is 2. The van der Waals surface area contributed by atoms with Gasteiger partial charge in [0.1, 0.15) is 5.82 Å². The molecule has 3 aromatic rings. The van der Waals surface area contributed by atoms with Crippen LogP contribution < -0.4 is 10.2 Å². The van der Waals surface area contributed by atoms with E-state index in [4.69, 9.17) is 14.7 Å². The van der Waals surface area contributed by atoms with Gasteiger partial charge in [0.2, 0.25) is 0 Å². The summed E-state index contributed by atoms with van der Waals surface area (Å²) in [6, 6.07) is 9.87. The molecule has 1 saturated heterocycles. The zero-order chi connectivity index (χ0) is 22.0. The molecule has 0 radical (unpaired) electrons. The second-order valence-electron chi connectivity index (χ2n) is 8.07. The minimum Gasteiger partial charge on any atom is -0.377 e. The van der Waals surface area contributed by atoms with Gasteiger partial charge in [0.15, 0.2) is 9.84 Å². The molecule has 4 heterocycles. The van der Waals surface area contributed by atoms with Gasteiger partial charge in [-0.25, -0.2) is 18.4 Å². The molecule has 0 amide bonds. The number of sulfone groups is 1. The number of fused-ring (bicyclic) bond motifs is 1. The van der Waals surface area contributed by atoms with Crippen LogP contribution in [0.1, 0.15) is 24.6 Å². The summed E-state index contributed by atoms with van der Waals surface area (Å²) < 4.78 is 29.7. The van der Waals surface area contributed by atoms with E-state index in [-0.39, 0.29) is 11.8 Å². The molecule has 1 atom stereocenters. The number of hydrogen-bond donors (Lipinski definition) is 2. The van der Waals surface area contributed by atoms with E-state index in [0.717, 1.165) is 53.3 Å². The first-order chi connectivity index (χ1) is 14.9. The Bertz CT molecular complexity index is 1180. The van der Waals surface area contributed by atoms with Crippen molar-refractivity contribution in [3.05, 3.63) is 41.6 Å². The van der Waals surface area contributed by atoms with Crippen LogP contribution in [0.3, 0.4) is 0 Å². The smallest absolute Gasteiger partial charge is 0.151 e. The predicted octanol–water partition coefficient (Wildman–Crippen LogP) is 2.50. The Balaban J connectivity index is 1.78. The third-order valence-electron chi connectivity index (χ3n) is 5.45. The highest BCUT2D eigenvalue weighted by molar-refractivity contribution is 7.89. The normalized spacial score (nSPS) is 17.4. The molecule has 0 bridgehead atoms. The lowest BCUT2D eigenvalue weighted by Gasteiger charge is -2.36. The number of aromatic amines is 1. The van der Waals surface area contributed by atoms with Crippen molar-refractivity contribution in [2.75, 3.05) is 38.0 Å². The highest BCUT2D eigenvalue weighted by Gasteiger charge is 2.24. The number of H-pyrrole nitrogens is 1. The average Bonchev–Trinajstić information content (AvgIpc) is 3.14. The van der Waals surface area contributed by atoms with E-state index >= 15 is 0 Å². The minimum atomic E-state index is -3.18. The predicted molar refractivity (Wildman–Crippen MR) is 123 cm³/mol. The molecule has 2 N–H and O–H groups in total. The van der Waals surface area contributed by atoms with Crippen LogP contribution in [0.15, 0.2) is 30.3 Å². The van der Waals surface area contributed by atoms with Gasteiger partial charge < -0.3 is 19.9 Å². The van der Waals surface area contributed by atoms with Gasteiger partial charge >= 0.3 is 0 Å². The number of morpholine rings is 1. The van der Waals surface area contributed by atoms with Crippen LogP contribution >= 0.6 is 0 Å². The molecule has 0 saturated carbocycles. The third-order valence-corrected chi connectivity index (χ3v) is 6.31. The molecule has 4 rings (SSSR count). The Kier molecular flexibility index (Phi) is 6.27. The topological polar surface area (TPSA) is 100 Å². The monoisotopic (exact) mass is 443 g/mol. The van der Waals surface area contributed by atoms with Gasteiger partial charge in [-0.05, 0) is 49.4 Å². The number of aromatic nitrogens is 3. The van der Waals surface area contributed by atoms with Crippen LogP contribution in [0.2, 0.25) is 0 Å². The molecule has 0 aliphatic carbocycles. The summed E-state index contributed by atoms with van der Waals surface area (Å²) in [4.78, 5) is 15.3. The first-order valence-electron chi connectivity index (χ1n) is 10.5. The highest BCUT2D eigenvalue weighted by Crippen LogP contribution is 2.27. The van der Waals surface area contributed by atoms with E-state index in [1.165, 1.54) is 6.26 Å². The largest absolute Gasteiger partial charge is 0.377 e. The minimum absolute atomic E-state index is 0.0324. The SMILES string of the molecule is CCC1COCCN1c1cc(CS(C)(=O)=O)cc(-c2ccc3[nH]c(CNC)cc3n2)n1. The zero-order valence-corrected chi connectivity index (χ0v) is 19.0. The van der Waals surface area contributed by atoms with Crippen molar-refractivity contribution >= 4 is 26.7 Å². The summed E-state index contributed by atoms with van der Waals surface area (Å²) in [5.74, 6) is 0.744. The first-order valence-corrected chi connectivity index (χ1v) is 12.6. The van der Waals surface area contributed by atoms with Gasteiger partial charge in [0, 0.05) is 25.0 Å². The summed E-state index contributed by atoms with van der Waals surface area (Å²) in [6.45, 7) is 4.85. The van der Waals surface area contributed by atoms with Crippen LogP contribution in [0.5, 0.6) is 0 Å². The molecule has 1 aliphatic heterocycles. The van der Waals surface area contributed by atoms with Crippen molar-refractivity contribution < 1.29 is 13.2 Å². The fourth-order valence-electron chi connectivity index (χ4n) is 4.02. The Labute approximate surface area is 183 Å². The highest BCUT2D eigenvalue weighted by atomic mass is 32.2. The summed E-state index contributed by atoms with van der Waals surface area (Å²) >= 11 is 0. The Morgan fingerprint density at radius 1 is 1.23 bits per heavy atom. The average molecular weight is 444 g/mol. The summed E-state index contributed by atoms with van der Waals surface area (Å²) in [6.07, 6.45) is 2.18. The summed E-state index contributed by atoms with van der Waals surface area (Å²) in [7, 11) is -1.28. The van der Waals surface area contributed by atoms with E-state index in [0.29, 0.717) is 18.9 Å². The molecule has 9 heteroatoms. The van der Waals surface area contributed by atoms with Crippen molar-refractivity contribution in [1.29, 1.82) is 0 Å². The zero-order valence-electron chi connectivity index (χ0n) is 18.2. The van der Waals surface area contributed by atoms with Crippen LogP contribution in [-0.2, 0) is 26.9 Å². The molecule has 31 heavy (non-hydrogen) atoms. The van der Waals surface area contributed by atoms with Crippen LogP contribution in [0.4, 0.5) is 5.82 Å². The van der Waals surface area contributed by atoms with Crippen LogP contribution in [0, 0.1) is 0 Å². The third kappa shape index (κ3) is 5.06. The lowest BCUT2D eigenvalue weighted by atomic mass is 10.1. The number of nitrogens with zero attached hydrogens (tertiary/aromatic N) is 3. The van der Waals surface area contributed by atoms with Gasteiger partial charge in [-0.1, -0.05) is 6.92 Å². The molecule has 1 fully saturated rings. The van der Waals surface area contributed by atoms with Gasteiger partial charge in [0.05, 0.1) is 47.4 Å². The van der Waals surface area contributed by atoms with Crippen molar-refractivity contribution in [1.82, 2.24) is 20.3 Å². The molecule has 0 spiro atoms. The fourth-order valence-corrected chi connectivity index (χ4v) is 4.80. The number of hydrogen-bond acceptors (Lipinski definition) is 7. The standard InChI is InChI=1S/C22H29N5O3S/c1-4-17-13-30-8-7-27(17)22-10-15(14-31(3,28)29)9-20(26-22)19-6-5-18-21(25-19)11-16(24-18)12-23-2/h5-6,9-11,17,23-24H,4,7-8,12-14H2,1-3H3. The van der Waals surface area contributed by atoms with Crippen LogP contribution in [-0.4, -0.2) is 62.5 Å². The van der Waals surface area contributed by atoms with Crippen LogP contribution in [0.25, 0.3) is 22.4 Å². The lowest BCUT2D eigenvalue weighted by molar-refractivity contribution is 0.0926. The molecular weight excluding hydrogens is 414 g/mol. The van der Waals surface area contributed by atoms with Crippen molar-refractivity contribution in [2.45, 2.75) is 31.7 Å². The Hall–Kier alpha value is -2.49. The molecule has 0 aromatic carbocycles. The van der Waals surface area contributed by atoms with Crippen molar-refractivity contribution in [3.8, 4) is 11.4 Å². The molecule has 166 valence electrons. The number of anilines is 1. The first kappa shape index (κ1) is 21.7. The maximum atomic E-state index is 12.0. The summed E-state index contributed by atoms with van der Waals surface area (Å²) in [5.41, 5.74) is 4.99. The lowest BCUT2D eigenvalue weighted by Crippen LogP contribution is -2.45. The molecule has 8 nitrogen and oxygen atoms in total. The second kappa shape index (κ2) is 8.94. The quantitative estimate of drug-likeness (QED) is 0.579. The maximum Gasteiger partial charge on any atom is 0.151 e. The van der Waals surface area contributed by atoms with E-state index in [1.807, 2.05) is 37.4 Å². The molecule has 1 aliphatic rings. The van der Waals surface area contributed by atoms with E-state index in [9.17, 15) is 8.42 Å². The van der Waals surface area contributed by atoms with E-state index in [1.54, 1.807) is 0 Å². The Morgan fingerprint density at radius 2 is 2.06 bits per heavy atom. The summed E-state index contributed by atoms with van der Waals surface area (Å²) in [5, 5.41) is 3.13. The van der Waals surface area contributed by atoms with Crippen molar-refractivity contribution in [2.24, 2.45) is 0 Å². The Morgan fingerprint density at radius 3 is 2.81 bits per heavy atom. The van der Waals surface area contributed by atoms with Gasteiger partial charge in [-0.3, -0.25) is 0 Å². The number of rotatable bonds is 7. The second-order valence-corrected chi connectivity index (χ2v) is 10.2. The van der Waals surface area contributed by atoms with Gasteiger partial charge in [-0.15, -0.1) is 0 Å². The number of ether oxygens (including phenoxy) is 1. The maximum absolute atomic E-state index is 12.0. The molecule has 1 unspecified atom stereocenters.